The molecule has 0 aromatic rings. The predicted octanol–water partition coefficient (Wildman–Crippen LogP) is 3.80. The Balaban J connectivity index is 1.51. The predicted molar refractivity (Wildman–Crippen MR) is 74.4 cm³/mol. The average Bonchev–Trinajstić information content (AvgIpc) is 2.47. The van der Waals surface area contributed by atoms with Crippen molar-refractivity contribution < 1.29 is 4.74 Å². The van der Waals surface area contributed by atoms with E-state index in [0.29, 0.717) is 6.10 Å². The molecular formula is C16H29NO. The van der Waals surface area contributed by atoms with Crippen molar-refractivity contribution >= 4 is 0 Å². The number of rotatable bonds is 2. The Labute approximate surface area is 112 Å². The fourth-order valence-electron chi connectivity index (χ4n) is 4.32. The molecule has 3 rings (SSSR count). The van der Waals surface area contributed by atoms with Crippen LogP contribution in [0.4, 0.5) is 0 Å². The van der Waals surface area contributed by atoms with Gasteiger partial charge in [0.25, 0.3) is 0 Å². The molecule has 3 aliphatic rings. The van der Waals surface area contributed by atoms with E-state index in [-0.39, 0.29) is 0 Å². The first kappa shape index (κ1) is 12.9. The fourth-order valence-corrected chi connectivity index (χ4v) is 4.32. The van der Waals surface area contributed by atoms with Gasteiger partial charge in [-0.1, -0.05) is 26.2 Å². The fraction of sp³-hybridized carbons (Fsp3) is 1.00. The molecule has 2 aliphatic carbocycles. The summed E-state index contributed by atoms with van der Waals surface area (Å²) in [5.41, 5.74) is 0. The summed E-state index contributed by atoms with van der Waals surface area (Å²) >= 11 is 0. The zero-order valence-electron chi connectivity index (χ0n) is 11.9. The monoisotopic (exact) mass is 251 g/mol. The smallest absolute Gasteiger partial charge is 0.0996 e. The van der Waals surface area contributed by atoms with Gasteiger partial charge in [0.2, 0.25) is 0 Å². The lowest BCUT2D eigenvalue weighted by molar-refractivity contribution is -0.134. The van der Waals surface area contributed by atoms with E-state index >= 15 is 0 Å². The van der Waals surface area contributed by atoms with Crippen LogP contribution in [0, 0.1) is 11.8 Å². The highest BCUT2D eigenvalue weighted by atomic mass is 16.5. The molecule has 2 atom stereocenters. The quantitative estimate of drug-likeness (QED) is 0.740. The molecule has 1 aliphatic heterocycles. The maximum absolute atomic E-state index is 6.13. The normalized spacial score (nSPS) is 42.5. The lowest BCUT2D eigenvalue weighted by atomic mass is 9.82. The molecule has 0 aromatic carbocycles. The van der Waals surface area contributed by atoms with Crippen LogP contribution < -0.4 is 0 Å². The zero-order chi connectivity index (χ0) is 12.4. The zero-order valence-corrected chi connectivity index (χ0v) is 11.9. The topological polar surface area (TPSA) is 12.5 Å². The van der Waals surface area contributed by atoms with Crippen LogP contribution in [-0.4, -0.2) is 30.3 Å². The standard InChI is InChI=1S/C16H29NO/c1-2-13-7-9-15(10-8-13)17-11-14-5-3-4-6-16(14)18-12-17/h13-16H,2-12H2,1H3. The highest BCUT2D eigenvalue weighted by molar-refractivity contribution is 4.86. The molecule has 1 heterocycles. The number of fused-ring (bicyclic) bond motifs is 1. The van der Waals surface area contributed by atoms with Crippen molar-refractivity contribution in [1.82, 2.24) is 4.90 Å². The number of ether oxygens (including phenoxy) is 1. The third-order valence-electron chi connectivity index (χ3n) is 5.67. The summed E-state index contributed by atoms with van der Waals surface area (Å²) < 4.78 is 6.13. The number of hydrogen-bond acceptors (Lipinski definition) is 2. The van der Waals surface area contributed by atoms with Crippen molar-refractivity contribution in [2.75, 3.05) is 13.3 Å². The third-order valence-corrected chi connectivity index (χ3v) is 5.67. The van der Waals surface area contributed by atoms with Crippen LogP contribution in [-0.2, 0) is 4.74 Å². The van der Waals surface area contributed by atoms with Gasteiger partial charge in [-0.15, -0.1) is 0 Å². The summed E-state index contributed by atoms with van der Waals surface area (Å²) in [6.07, 6.45) is 13.3. The molecular weight excluding hydrogens is 222 g/mol. The van der Waals surface area contributed by atoms with Crippen molar-refractivity contribution in [2.45, 2.75) is 76.9 Å². The van der Waals surface area contributed by atoms with Crippen molar-refractivity contribution in [2.24, 2.45) is 11.8 Å². The van der Waals surface area contributed by atoms with E-state index in [2.05, 4.69) is 11.8 Å². The molecule has 2 nitrogen and oxygen atoms in total. The molecule has 3 fully saturated rings. The average molecular weight is 251 g/mol. The molecule has 0 bridgehead atoms. The molecule has 1 saturated heterocycles. The maximum Gasteiger partial charge on any atom is 0.0996 e. The van der Waals surface area contributed by atoms with E-state index in [0.717, 1.165) is 24.6 Å². The van der Waals surface area contributed by atoms with Crippen LogP contribution in [0.1, 0.15) is 64.7 Å². The first-order chi connectivity index (χ1) is 8.86. The summed E-state index contributed by atoms with van der Waals surface area (Å²) in [6, 6.07) is 0.829. The molecule has 0 aromatic heterocycles. The van der Waals surface area contributed by atoms with Crippen LogP contribution in [0.25, 0.3) is 0 Å². The Bertz CT molecular complexity index is 260. The summed E-state index contributed by atoms with van der Waals surface area (Å²) in [7, 11) is 0. The first-order valence-electron chi connectivity index (χ1n) is 8.22. The van der Waals surface area contributed by atoms with E-state index < -0.39 is 0 Å². The van der Waals surface area contributed by atoms with Gasteiger partial charge in [-0.3, -0.25) is 4.90 Å². The Morgan fingerprint density at radius 3 is 2.56 bits per heavy atom. The van der Waals surface area contributed by atoms with Crippen LogP contribution in [0.5, 0.6) is 0 Å². The van der Waals surface area contributed by atoms with Crippen LogP contribution in [0.15, 0.2) is 0 Å². The third kappa shape index (κ3) is 2.75. The van der Waals surface area contributed by atoms with Crippen molar-refractivity contribution in [3.8, 4) is 0 Å². The van der Waals surface area contributed by atoms with Gasteiger partial charge >= 0.3 is 0 Å². The van der Waals surface area contributed by atoms with Crippen molar-refractivity contribution in [3.05, 3.63) is 0 Å². The summed E-state index contributed by atoms with van der Waals surface area (Å²) in [5.74, 6) is 1.85. The Morgan fingerprint density at radius 2 is 1.78 bits per heavy atom. The van der Waals surface area contributed by atoms with E-state index in [1.54, 1.807) is 0 Å². The van der Waals surface area contributed by atoms with Gasteiger partial charge in [0.05, 0.1) is 12.8 Å². The van der Waals surface area contributed by atoms with E-state index in [1.807, 2.05) is 0 Å². The number of hydrogen-bond donors (Lipinski definition) is 0. The molecule has 2 saturated carbocycles. The van der Waals surface area contributed by atoms with E-state index in [4.69, 9.17) is 4.74 Å². The van der Waals surface area contributed by atoms with Crippen LogP contribution in [0.3, 0.4) is 0 Å². The molecule has 0 N–H and O–H groups in total. The Morgan fingerprint density at radius 1 is 1.00 bits per heavy atom. The first-order valence-corrected chi connectivity index (χ1v) is 8.22. The summed E-state index contributed by atoms with van der Waals surface area (Å²) in [4.78, 5) is 2.67. The summed E-state index contributed by atoms with van der Waals surface area (Å²) in [6.45, 7) is 4.59. The van der Waals surface area contributed by atoms with Gasteiger partial charge in [-0.25, -0.2) is 0 Å². The number of nitrogens with zero attached hydrogens (tertiary/aromatic N) is 1. The van der Waals surface area contributed by atoms with E-state index in [9.17, 15) is 0 Å². The van der Waals surface area contributed by atoms with Gasteiger partial charge in [0.1, 0.15) is 0 Å². The molecule has 2 heteroatoms. The van der Waals surface area contributed by atoms with Gasteiger partial charge in [0.15, 0.2) is 0 Å². The van der Waals surface area contributed by atoms with Gasteiger partial charge in [-0.05, 0) is 50.4 Å². The molecule has 0 radical (unpaired) electrons. The van der Waals surface area contributed by atoms with Gasteiger partial charge in [0, 0.05) is 12.6 Å². The lowest BCUT2D eigenvalue weighted by Gasteiger charge is -2.45. The van der Waals surface area contributed by atoms with Gasteiger partial charge in [-0.2, -0.15) is 0 Å². The molecule has 104 valence electrons. The lowest BCUT2D eigenvalue weighted by Crippen LogP contribution is -2.51. The van der Waals surface area contributed by atoms with Crippen molar-refractivity contribution in [1.29, 1.82) is 0 Å². The second kappa shape index (κ2) is 5.92. The highest BCUT2D eigenvalue weighted by Gasteiger charge is 2.35. The maximum atomic E-state index is 6.13. The largest absolute Gasteiger partial charge is 0.363 e. The molecule has 18 heavy (non-hydrogen) atoms. The Kier molecular flexibility index (Phi) is 4.25. The molecule has 0 amide bonds. The van der Waals surface area contributed by atoms with Crippen LogP contribution >= 0.6 is 0 Å². The highest BCUT2D eigenvalue weighted by Crippen LogP contribution is 2.35. The van der Waals surface area contributed by atoms with E-state index in [1.165, 1.54) is 64.3 Å². The minimum atomic E-state index is 0.599. The van der Waals surface area contributed by atoms with Crippen LogP contribution in [0.2, 0.25) is 0 Å². The minimum absolute atomic E-state index is 0.599. The molecule has 2 unspecified atom stereocenters. The van der Waals surface area contributed by atoms with Gasteiger partial charge < -0.3 is 4.74 Å². The SMILES string of the molecule is CCC1CCC(N2COC3CCCCC3C2)CC1. The van der Waals surface area contributed by atoms with Crippen molar-refractivity contribution in [3.63, 3.8) is 0 Å². The molecule has 0 spiro atoms. The second-order valence-electron chi connectivity index (χ2n) is 6.73. The Hall–Kier alpha value is -0.0800. The summed E-state index contributed by atoms with van der Waals surface area (Å²) in [5, 5.41) is 0. The minimum Gasteiger partial charge on any atom is -0.363 e. The second-order valence-corrected chi connectivity index (χ2v) is 6.73.